The maximum atomic E-state index is 12.6. The fourth-order valence-corrected chi connectivity index (χ4v) is 2.77. The van der Waals surface area contributed by atoms with Gasteiger partial charge in [0.1, 0.15) is 5.82 Å². The zero-order valence-electron chi connectivity index (χ0n) is 13.7. The summed E-state index contributed by atoms with van der Waals surface area (Å²) in [6.45, 7) is 0.405. The van der Waals surface area contributed by atoms with Gasteiger partial charge in [-0.05, 0) is 29.3 Å². The van der Waals surface area contributed by atoms with Crippen LogP contribution in [0.15, 0.2) is 42.6 Å². The molecule has 1 aromatic heterocycles. The van der Waals surface area contributed by atoms with Crippen LogP contribution >= 0.6 is 0 Å². The standard InChI is InChI=1S/C18H20N4O2/c1-22(2)16-9-12(7-8-19-16)11-20-18(24)14-10-17(23)21-15-6-4-3-5-13(14)15/h3-9,14H,10-11H2,1-2H3,(H,20,24)(H,21,23)/t14-/m1/s1. The summed E-state index contributed by atoms with van der Waals surface area (Å²) in [6.07, 6.45) is 1.89. The lowest BCUT2D eigenvalue weighted by molar-refractivity contribution is -0.126. The van der Waals surface area contributed by atoms with Gasteiger partial charge in [-0.2, -0.15) is 0 Å². The number of benzene rings is 1. The SMILES string of the molecule is CN(C)c1cc(CNC(=O)[C@@H]2CC(=O)Nc3ccccc32)ccn1. The Morgan fingerprint density at radius 2 is 2.12 bits per heavy atom. The van der Waals surface area contributed by atoms with Crippen molar-refractivity contribution in [3.63, 3.8) is 0 Å². The quantitative estimate of drug-likeness (QED) is 0.901. The van der Waals surface area contributed by atoms with E-state index < -0.39 is 5.92 Å². The van der Waals surface area contributed by atoms with Crippen LogP contribution in [0.25, 0.3) is 0 Å². The van der Waals surface area contributed by atoms with Crippen molar-refractivity contribution in [2.45, 2.75) is 18.9 Å². The van der Waals surface area contributed by atoms with E-state index in [9.17, 15) is 9.59 Å². The van der Waals surface area contributed by atoms with E-state index in [0.717, 1.165) is 16.9 Å². The van der Waals surface area contributed by atoms with Crippen molar-refractivity contribution < 1.29 is 9.59 Å². The molecule has 6 heteroatoms. The summed E-state index contributed by atoms with van der Waals surface area (Å²) in [5, 5.41) is 5.74. The molecule has 0 saturated carbocycles. The van der Waals surface area contributed by atoms with Crippen molar-refractivity contribution in [3.8, 4) is 0 Å². The highest BCUT2D eigenvalue weighted by Gasteiger charge is 2.30. The molecular formula is C18H20N4O2. The first-order valence-electron chi connectivity index (χ1n) is 7.83. The van der Waals surface area contributed by atoms with Crippen LogP contribution in [-0.2, 0) is 16.1 Å². The average Bonchev–Trinajstić information content (AvgIpc) is 2.59. The highest BCUT2D eigenvalue weighted by molar-refractivity contribution is 6.01. The zero-order valence-corrected chi connectivity index (χ0v) is 13.7. The Labute approximate surface area is 140 Å². The van der Waals surface area contributed by atoms with Crippen LogP contribution in [0.1, 0.15) is 23.5 Å². The maximum Gasteiger partial charge on any atom is 0.228 e. The fraction of sp³-hybridized carbons (Fsp3) is 0.278. The third kappa shape index (κ3) is 3.37. The zero-order chi connectivity index (χ0) is 17.1. The molecule has 2 N–H and O–H groups in total. The number of aromatic nitrogens is 1. The lowest BCUT2D eigenvalue weighted by Crippen LogP contribution is -2.34. The predicted molar refractivity (Wildman–Crippen MR) is 92.8 cm³/mol. The topological polar surface area (TPSA) is 74.3 Å². The molecule has 0 spiro atoms. The molecule has 24 heavy (non-hydrogen) atoms. The van der Waals surface area contributed by atoms with Crippen LogP contribution < -0.4 is 15.5 Å². The number of carbonyl (C=O) groups excluding carboxylic acids is 2. The molecule has 1 aliphatic rings. The molecule has 1 aromatic carbocycles. The number of nitrogens with zero attached hydrogens (tertiary/aromatic N) is 2. The summed E-state index contributed by atoms with van der Waals surface area (Å²) < 4.78 is 0. The minimum atomic E-state index is -0.454. The summed E-state index contributed by atoms with van der Waals surface area (Å²) >= 11 is 0. The van der Waals surface area contributed by atoms with E-state index in [1.54, 1.807) is 6.20 Å². The number of nitrogens with one attached hydrogen (secondary N) is 2. The summed E-state index contributed by atoms with van der Waals surface area (Å²) in [6, 6.07) is 11.2. The lowest BCUT2D eigenvalue weighted by Gasteiger charge is -2.24. The van der Waals surface area contributed by atoms with Gasteiger partial charge in [0, 0.05) is 38.9 Å². The Morgan fingerprint density at radius 3 is 2.92 bits per heavy atom. The van der Waals surface area contributed by atoms with Gasteiger partial charge in [0.15, 0.2) is 0 Å². The van der Waals surface area contributed by atoms with E-state index in [2.05, 4.69) is 15.6 Å². The van der Waals surface area contributed by atoms with E-state index in [-0.39, 0.29) is 18.2 Å². The van der Waals surface area contributed by atoms with Gasteiger partial charge < -0.3 is 15.5 Å². The van der Waals surface area contributed by atoms with Gasteiger partial charge in [0.2, 0.25) is 11.8 Å². The van der Waals surface area contributed by atoms with Crippen LogP contribution in [0.3, 0.4) is 0 Å². The second kappa shape index (κ2) is 6.70. The average molecular weight is 324 g/mol. The second-order valence-electron chi connectivity index (χ2n) is 6.03. The number of amides is 2. The van der Waals surface area contributed by atoms with Gasteiger partial charge in [0.05, 0.1) is 5.92 Å². The number of hydrogen-bond acceptors (Lipinski definition) is 4. The molecule has 1 atom stereocenters. The molecular weight excluding hydrogens is 304 g/mol. The molecule has 3 rings (SSSR count). The Balaban J connectivity index is 1.72. The maximum absolute atomic E-state index is 12.6. The summed E-state index contributed by atoms with van der Waals surface area (Å²) in [4.78, 5) is 30.6. The Kier molecular flexibility index (Phi) is 4.46. The van der Waals surface area contributed by atoms with Gasteiger partial charge in [-0.25, -0.2) is 4.98 Å². The van der Waals surface area contributed by atoms with Crippen molar-refractivity contribution in [2.75, 3.05) is 24.3 Å². The minimum absolute atomic E-state index is 0.132. The van der Waals surface area contributed by atoms with Gasteiger partial charge >= 0.3 is 0 Å². The van der Waals surface area contributed by atoms with Crippen molar-refractivity contribution >= 4 is 23.3 Å². The van der Waals surface area contributed by atoms with Crippen molar-refractivity contribution in [3.05, 3.63) is 53.7 Å². The molecule has 0 aliphatic carbocycles. The lowest BCUT2D eigenvalue weighted by atomic mass is 9.90. The molecule has 0 saturated heterocycles. The van der Waals surface area contributed by atoms with Gasteiger partial charge in [-0.15, -0.1) is 0 Å². The fourth-order valence-electron chi connectivity index (χ4n) is 2.77. The predicted octanol–water partition coefficient (Wildman–Crippen LogP) is 1.89. The molecule has 1 aliphatic heterocycles. The van der Waals surface area contributed by atoms with Crippen molar-refractivity contribution in [1.82, 2.24) is 10.3 Å². The molecule has 2 amide bonds. The number of para-hydroxylation sites is 1. The minimum Gasteiger partial charge on any atom is -0.363 e. The smallest absolute Gasteiger partial charge is 0.228 e. The molecule has 2 heterocycles. The third-order valence-corrected chi connectivity index (χ3v) is 4.05. The van der Waals surface area contributed by atoms with Crippen LogP contribution in [0.2, 0.25) is 0 Å². The number of fused-ring (bicyclic) bond motifs is 1. The van der Waals surface area contributed by atoms with Crippen LogP contribution in [-0.4, -0.2) is 30.9 Å². The summed E-state index contributed by atoms with van der Waals surface area (Å²) in [7, 11) is 3.84. The normalized spacial score (nSPS) is 16.1. The van der Waals surface area contributed by atoms with E-state index in [4.69, 9.17) is 0 Å². The molecule has 124 valence electrons. The largest absolute Gasteiger partial charge is 0.363 e. The molecule has 2 aromatic rings. The van der Waals surface area contributed by atoms with E-state index in [1.807, 2.05) is 55.4 Å². The molecule has 6 nitrogen and oxygen atoms in total. The third-order valence-electron chi connectivity index (χ3n) is 4.05. The second-order valence-corrected chi connectivity index (χ2v) is 6.03. The first-order valence-corrected chi connectivity index (χ1v) is 7.83. The van der Waals surface area contributed by atoms with Crippen molar-refractivity contribution in [1.29, 1.82) is 0 Å². The van der Waals surface area contributed by atoms with E-state index in [1.165, 1.54) is 0 Å². The first-order chi connectivity index (χ1) is 11.5. The Bertz CT molecular complexity index is 773. The molecule has 0 unspecified atom stereocenters. The Hall–Kier alpha value is -2.89. The summed E-state index contributed by atoms with van der Waals surface area (Å²) in [5.74, 6) is 0.113. The number of anilines is 2. The van der Waals surface area contributed by atoms with Crippen LogP contribution in [0, 0.1) is 0 Å². The number of rotatable bonds is 4. The molecule has 0 radical (unpaired) electrons. The van der Waals surface area contributed by atoms with Gasteiger partial charge in [0.25, 0.3) is 0 Å². The number of pyridine rings is 1. The van der Waals surface area contributed by atoms with E-state index >= 15 is 0 Å². The highest BCUT2D eigenvalue weighted by atomic mass is 16.2. The number of carbonyl (C=O) groups is 2. The Morgan fingerprint density at radius 1 is 1.33 bits per heavy atom. The van der Waals surface area contributed by atoms with Crippen LogP contribution in [0.5, 0.6) is 0 Å². The monoisotopic (exact) mass is 324 g/mol. The highest BCUT2D eigenvalue weighted by Crippen LogP contribution is 2.32. The number of hydrogen-bond donors (Lipinski definition) is 2. The van der Waals surface area contributed by atoms with Crippen molar-refractivity contribution in [2.24, 2.45) is 0 Å². The molecule has 0 bridgehead atoms. The van der Waals surface area contributed by atoms with Gasteiger partial charge in [-0.3, -0.25) is 9.59 Å². The first kappa shape index (κ1) is 16.0. The van der Waals surface area contributed by atoms with E-state index in [0.29, 0.717) is 12.2 Å². The summed E-state index contributed by atoms with van der Waals surface area (Å²) in [5.41, 5.74) is 2.54. The van der Waals surface area contributed by atoms with Gasteiger partial charge in [-0.1, -0.05) is 18.2 Å². The molecule has 0 fully saturated rings. The van der Waals surface area contributed by atoms with Crippen LogP contribution in [0.4, 0.5) is 11.5 Å².